The van der Waals surface area contributed by atoms with Crippen LogP contribution >= 0.6 is 0 Å². The molecule has 1 saturated heterocycles. The van der Waals surface area contributed by atoms with Crippen LogP contribution in [0.4, 0.5) is 0 Å². The molecule has 122 valence electrons. The van der Waals surface area contributed by atoms with Crippen molar-refractivity contribution in [1.82, 2.24) is 14.7 Å². The van der Waals surface area contributed by atoms with E-state index in [0.717, 1.165) is 31.7 Å². The summed E-state index contributed by atoms with van der Waals surface area (Å²) in [7, 11) is 2.08. The number of carbonyl (C=O) groups is 2. The van der Waals surface area contributed by atoms with Crippen LogP contribution in [0.1, 0.15) is 19.4 Å². The van der Waals surface area contributed by atoms with Gasteiger partial charge in [0.2, 0.25) is 0 Å². The highest BCUT2D eigenvalue weighted by Gasteiger charge is 2.42. The Labute approximate surface area is 137 Å². The first-order chi connectivity index (χ1) is 11.0. The summed E-state index contributed by atoms with van der Waals surface area (Å²) in [5, 5.41) is 0. The van der Waals surface area contributed by atoms with E-state index in [4.69, 9.17) is 0 Å². The predicted octanol–water partition coefficient (Wildman–Crippen LogP) is 1.42. The molecule has 2 aliphatic rings. The third kappa shape index (κ3) is 2.77. The quantitative estimate of drug-likeness (QED) is 0.792. The fourth-order valence-corrected chi connectivity index (χ4v) is 3.19. The van der Waals surface area contributed by atoms with Crippen molar-refractivity contribution in [2.45, 2.75) is 19.9 Å². The normalized spacial score (nSPS) is 20.2. The first-order valence-electron chi connectivity index (χ1n) is 8.11. The molecule has 0 saturated carbocycles. The molecule has 0 atom stereocenters. The Hall–Kier alpha value is -2.14. The molecule has 0 spiro atoms. The van der Waals surface area contributed by atoms with Crippen LogP contribution in [0.2, 0.25) is 0 Å². The molecule has 0 radical (unpaired) electrons. The molecule has 2 aliphatic heterocycles. The minimum atomic E-state index is -0.176. The molecule has 0 bridgehead atoms. The maximum Gasteiger partial charge on any atom is 0.278 e. The number of benzene rings is 1. The molecule has 2 amide bonds. The van der Waals surface area contributed by atoms with Gasteiger partial charge in [-0.15, -0.1) is 0 Å². The van der Waals surface area contributed by atoms with E-state index in [1.807, 2.05) is 44.2 Å². The van der Waals surface area contributed by atoms with E-state index in [2.05, 4.69) is 16.8 Å². The zero-order valence-corrected chi connectivity index (χ0v) is 14.0. The number of hydrogen-bond donors (Lipinski definition) is 0. The summed E-state index contributed by atoms with van der Waals surface area (Å²) in [6.45, 7) is 7.10. The van der Waals surface area contributed by atoms with Crippen molar-refractivity contribution in [3.8, 4) is 0 Å². The third-order valence-electron chi connectivity index (χ3n) is 4.49. The number of amides is 2. The second kappa shape index (κ2) is 6.16. The van der Waals surface area contributed by atoms with E-state index in [1.54, 1.807) is 0 Å². The van der Waals surface area contributed by atoms with E-state index in [1.165, 1.54) is 4.90 Å². The van der Waals surface area contributed by atoms with Gasteiger partial charge in [-0.3, -0.25) is 14.5 Å². The number of rotatable bonds is 3. The number of carbonyl (C=O) groups excluding carboxylic acids is 2. The Morgan fingerprint density at radius 1 is 0.913 bits per heavy atom. The SMILES string of the molecule is CC(C)N1C(=O)C(c2ccccc2)=C(N2CCN(C)CC2)C1=O. The van der Waals surface area contributed by atoms with Gasteiger partial charge >= 0.3 is 0 Å². The Morgan fingerprint density at radius 2 is 1.52 bits per heavy atom. The number of imide groups is 1. The van der Waals surface area contributed by atoms with Crippen molar-refractivity contribution < 1.29 is 9.59 Å². The maximum absolute atomic E-state index is 12.9. The Kier molecular flexibility index (Phi) is 4.22. The first kappa shape index (κ1) is 15.7. The summed E-state index contributed by atoms with van der Waals surface area (Å²) < 4.78 is 0. The van der Waals surface area contributed by atoms with Gasteiger partial charge in [-0.05, 0) is 26.5 Å². The monoisotopic (exact) mass is 313 g/mol. The average Bonchev–Trinajstić information content (AvgIpc) is 2.80. The molecule has 1 aromatic carbocycles. The summed E-state index contributed by atoms with van der Waals surface area (Å²) in [5.41, 5.74) is 1.94. The summed E-state index contributed by atoms with van der Waals surface area (Å²) >= 11 is 0. The largest absolute Gasteiger partial charge is 0.364 e. The van der Waals surface area contributed by atoms with Crippen LogP contribution in [-0.4, -0.2) is 65.8 Å². The van der Waals surface area contributed by atoms with Gasteiger partial charge in [0.25, 0.3) is 11.8 Å². The molecule has 0 aromatic heterocycles. The van der Waals surface area contributed by atoms with Crippen LogP contribution < -0.4 is 0 Å². The fraction of sp³-hybridized carbons (Fsp3) is 0.444. The van der Waals surface area contributed by atoms with Crippen LogP contribution in [0.5, 0.6) is 0 Å². The van der Waals surface area contributed by atoms with Crippen LogP contribution in [0.25, 0.3) is 5.57 Å². The minimum Gasteiger partial charge on any atom is -0.364 e. The Balaban J connectivity index is 2.06. The number of hydrogen-bond acceptors (Lipinski definition) is 4. The lowest BCUT2D eigenvalue weighted by Crippen LogP contribution is -2.46. The van der Waals surface area contributed by atoms with E-state index < -0.39 is 0 Å². The first-order valence-corrected chi connectivity index (χ1v) is 8.11. The van der Waals surface area contributed by atoms with E-state index in [9.17, 15) is 9.59 Å². The van der Waals surface area contributed by atoms with Gasteiger partial charge in [0.05, 0.1) is 5.57 Å². The molecule has 0 N–H and O–H groups in total. The highest BCUT2D eigenvalue weighted by Crippen LogP contribution is 2.33. The highest BCUT2D eigenvalue weighted by atomic mass is 16.2. The zero-order valence-electron chi connectivity index (χ0n) is 14.0. The lowest BCUT2D eigenvalue weighted by molar-refractivity contribution is -0.139. The summed E-state index contributed by atoms with van der Waals surface area (Å²) in [6, 6.07) is 9.39. The predicted molar refractivity (Wildman–Crippen MR) is 89.4 cm³/mol. The van der Waals surface area contributed by atoms with Crippen molar-refractivity contribution >= 4 is 17.4 Å². The molecule has 1 aromatic rings. The van der Waals surface area contributed by atoms with Crippen LogP contribution in [-0.2, 0) is 9.59 Å². The molecule has 0 aliphatic carbocycles. The Bertz CT molecular complexity index is 643. The second-order valence-corrected chi connectivity index (χ2v) is 6.45. The lowest BCUT2D eigenvalue weighted by atomic mass is 10.0. The van der Waals surface area contributed by atoms with Gasteiger partial charge in [-0.2, -0.15) is 0 Å². The molecule has 0 unspecified atom stereocenters. The molecular weight excluding hydrogens is 290 g/mol. The van der Waals surface area contributed by atoms with Gasteiger partial charge in [-0.25, -0.2) is 0 Å². The van der Waals surface area contributed by atoms with Crippen molar-refractivity contribution in [1.29, 1.82) is 0 Å². The summed E-state index contributed by atoms with van der Waals surface area (Å²) in [5.74, 6) is -0.335. The Morgan fingerprint density at radius 3 is 2.09 bits per heavy atom. The molecule has 5 nitrogen and oxygen atoms in total. The number of nitrogens with zero attached hydrogens (tertiary/aromatic N) is 3. The molecule has 2 heterocycles. The van der Waals surface area contributed by atoms with Gasteiger partial charge in [0.1, 0.15) is 5.70 Å². The fourth-order valence-electron chi connectivity index (χ4n) is 3.19. The van der Waals surface area contributed by atoms with Crippen molar-refractivity contribution in [2.75, 3.05) is 33.2 Å². The summed E-state index contributed by atoms with van der Waals surface area (Å²) in [6.07, 6.45) is 0. The minimum absolute atomic E-state index is 0.140. The van der Waals surface area contributed by atoms with Crippen molar-refractivity contribution in [3.63, 3.8) is 0 Å². The van der Waals surface area contributed by atoms with Gasteiger partial charge in [0, 0.05) is 32.2 Å². The summed E-state index contributed by atoms with van der Waals surface area (Å²) in [4.78, 5) is 31.5. The average molecular weight is 313 g/mol. The lowest BCUT2D eigenvalue weighted by Gasteiger charge is -2.34. The van der Waals surface area contributed by atoms with Gasteiger partial charge < -0.3 is 9.80 Å². The van der Waals surface area contributed by atoms with E-state index in [-0.39, 0.29) is 17.9 Å². The van der Waals surface area contributed by atoms with Crippen LogP contribution in [0.3, 0.4) is 0 Å². The third-order valence-corrected chi connectivity index (χ3v) is 4.49. The van der Waals surface area contributed by atoms with Gasteiger partial charge in [-0.1, -0.05) is 30.3 Å². The zero-order chi connectivity index (χ0) is 16.6. The number of piperazine rings is 1. The smallest absolute Gasteiger partial charge is 0.278 e. The van der Waals surface area contributed by atoms with Gasteiger partial charge in [0.15, 0.2) is 0 Å². The van der Waals surface area contributed by atoms with Crippen molar-refractivity contribution in [2.24, 2.45) is 0 Å². The molecule has 23 heavy (non-hydrogen) atoms. The maximum atomic E-state index is 12.9. The highest BCUT2D eigenvalue weighted by molar-refractivity contribution is 6.35. The standard InChI is InChI=1S/C18H23N3O2/c1-13(2)21-17(22)15(14-7-5-4-6-8-14)16(18(21)23)20-11-9-19(3)10-12-20/h4-8,13H,9-12H2,1-3H3. The molecule has 3 rings (SSSR count). The molecule has 5 heteroatoms. The van der Waals surface area contributed by atoms with Crippen LogP contribution in [0, 0.1) is 0 Å². The number of likely N-dealkylation sites (N-methyl/N-ethyl adjacent to an activating group) is 1. The van der Waals surface area contributed by atoms with Crippen LogP contribution in [0.15, 0.2) is 36.0 Å². The van der Waals surface area contributed by atoms with E-state index >= 15 is 0 Å². The van der Waals surface area contributed by atoms with E-state index in [0.29, 0.717) is 11.3 Å². The van der Waals surface area contributed by atoms with Crippen molar-refractivity contribution in [3.05, 3.63) is 41.6 Å². The molecule has 1 fully saturated rings. The second-order valence-electron chi connectivity index (χ2n) is 6.45. The topological polar surface area (TPSA) is 43.9 Å². The molecular formula is C18H23N3O2.